The van der Waals surface area contributed by atoms with E-state index in [4.69, 9.17) is 9.73 Å². The van der Waals surface area contributed by atoms with Gasteiger partial charge in [-0.05, 0) is 43.0 Å². The second kappa shape index (κ2) is 10.5. The molecule has 0 fully saturated rings. The third-order valence-electron chi connectivity index (χ3n) is 4.69. The fraction of sp³-hybridized carbons (Fsp3) is 0.348. The molecule has 148 valence electrons. The lowest BCUT2D eigenvalue weighted by atomic mass is 10.1. The number of hydrogen-bond donors (Lipinski definition) is 3. The van der Waals surface area contributed by atoms with Crippen molar-refractivity contribution in [3.8, 4) is 0 Å². The minimum Gasteiger partial charge on any atom is -0.377 e. The highest BCUT2D eigenvalue weighted by Crippen LogP contribution is 2.17. The monoisotopic (exact) mass is 378 g/mol. The molecule has 0 radical (unpaired) electrons. The van der Waals surface area contributed by atoms with Crippen molar-refractivity contribution in [3.63, 3.8) is 0 Å². The highest BCUT2D eigenvalue weighted by atomic mass is 16.5. The second-order valence-electron chi connectivity index (χ2n) is 6.64. The van der Waals surface area contributed by atoms with Crippen LogP contribution in [0.2, 0.25) is 0 Å². The van der Waals surface area contributed by atoms with Gasteiger partial charge in [-0.1, -0.05) is 42.5 Å². The van der Waals surface area contributed by atoms with Gasteiger partial charge in [0.05, 0.1) is 13.2 Å². The van der Waals surface area contributed by atoms with Crippen molar-refractivity contribution in [2.45, 2.75) is 33.4 Å². The maximum Gasteiger partial charge on any atom is 0.191 e. The Balaban J connectivity index is 1.60. The minimum absolute atomic E-state index is 0.631. The van der Waals surface area contributed by atoms with Gasteiger partial charge in [-0.2, -0.15) is 0 Å². The lowest BCUT2D eigenvalue weighted by molar-refractivity contribution is 0.133. The Labute approximate surface area is 167 Å². The maximum atomic E-state index is 5.57. The Kier molecular flexibility index (Phi) is 7.50. The third-order valence-corrected chi connectivity index (χ3v) is 4.69. The molecular weight excluding hydrogens is 348 g/mol. The zero-order chi connectivity index (χ0) is 19.6. The van der Waals surface area contributed by atoms with Crippen LogP contribution in [-0.4, -0.2) is 30.6 Å². The van der Waals surface area contributed by atoms with Crippen LogP contribution in [-0.2, 0) is 24.3 Å². The van der Waals surface area contributed by atoms with E-state index in [-0.39, 0.29) is 0 Å². The summed E-state index contributed by atoms with van der Waals surface area (Å²) in [6.45, 7) is 7.74. The van der Waals surface area contributed by atoms with Crippen LogP contribution in [0.3, 0.4) is 0 Å². The summed E-state index contributed by atoms with van der Waals surface area (Å²) in [4.78, 5) is 8.10. The Hall–Kier alpha value is -2.79. The van der Waals surface area contributed by atoms with Crippen LogP contribution in [0.1, 0.15) is 30.5 Å². The maximum absolute atomic E-state index is 5.57. The van der Waals surface area contributed by atoms with Crippen LogP contribution in [0.25, 0.3) is 10.9 Å². The van der Waals surface area contributed by atoms with E-state index in [1.807, 2.05) is 13.0 Å². The second-order valence-corrected chi connectivity index (χ2v) is 6.64. The molecule has 0 unspecified atom stereocenters. The number of guanidine groups is 1. The summed E-state index contributed by atoms with van der Waals surface area (Å²) >= 11 is 0. The molecule has 0 aliphatic carbocycles. The molecule has 0 aliphatic heterocycles. The van der Waals surface area contributed by atoms with Crippen LogP contribution in [0.4, 0.5) is 0 Å². The van der Waals surface area contributed by atoms with Crippen LogP contribution in [0.15, 0.2) is 59.7 Å². The topological polar surface area (TPSA) is 61.4 Å². The van der Waals surface area contributed by atoms with E-state index in [1.54, 1.807) is 0 Å². The molecule has 0 amide bonds. The van der Waals surface area contributed by atoms with Gasteiger partial charge in [-0.15, -0.1) is 0 Å². The number of aromatic nitrogens is 1. The highest BCUT2D eigenvalue weighted by molar-refractivity contribution is 5.83. The number of nitrogens with one attached hydrogen (secondary N) is 3. The first kappa shape index (κ1) is 20.0. The zero-order valence-electron chi connectivity index (χ0n) is 16.8. The van der Waals surface area contributed by atoms with Crippen LogP contribution < -0.4 is 10.6 Å². The van der Waals surface area contributed by atoms with Gasteiger partial charge >= 0.3 is 0 Å². The van der Waals surface area contributed by atoms with Gasteiger partial charge in [0.25, 0.3) is 0 Å². The molecular formula is C23H30N4O. The Morgan fingerprint density at radius 2 is 1.75 bits per heavy atom. The number of H-pyrrole nitrogens is 1. The largest absolute Gasteiger partial charge is 0.377 e. The smallest absolute Gasteiger partial charge is 0.191 e. The fourth-order valence-electron chi connectivity index (χ4n) is 3.22. The van der Waals surface area contributed by atoms with Gasteiger partial charge in [-0.3, -0.25) is 0 Å². The Morgan fingerprint density at radius 1 is 0.964 bits per heavy atom. The molecule has 0 spiro atoms. The summed E-state index contributed by atoms with van der Waals surface area (Å²) in [7, 11) is 0. The van der Waals surface area contributed by atoms with E-state index in [2.05, 4.69) is 71.2 Å². The highest BCUT2D eigenvalue weighted by Gasteiger charge is 2.05. The fourth-order valence-corrected chi connectivity index (χ4v) is 3.22. The molecule has 3 rings (SSSR count). The predicted molar refractivity (Wildman–Crippen MR) is 117 cm³/mol. The Morgan fingerprint density at radius 3 is 2.57 bits per heavy atom. The van der Waals surface area contributed by atoms with Crippen LogP contribution >= 0.6 is 0 Å². The summed E-state index contributed by atoms with van der Waals surface area (Å²) in [5, 5.41) is 8.07. The van der Waals surface area contributed by atoms with Gasteiger partial charge in [0.2, 0.25) is 0 Å². The quantitative estimate of drug-likeness (QED) is 0.390. The van der Waals surface area contributed by atoms with E-state index in [0.717, 1.165) is 32.1 Å². The SMILES string of the molecule is CCNC(=NCc1ccccc1COCC)NCCc1c[nH]c2ccccc12. The number of hydrogen-bond acceptors (Lipinski definition) is 2. The molecule has 0 bridgehead atoms. The van der Waals surface area contributed by atoms with E-state index >= 15 is 0 Å². The minimum atomic E-state index is 0.631. The van der Waals surface area contributed by atoms with Crippen molar-refractivity contribution in [1.29, 1.82) is 0 Å². The molecule has 2 aromatic carbocycles. The number of benzene rings is 2. The van der Waals surface area contributed by atoms with Crippen molar-refractivity contribution in [3.05, 3.63) is 71.4 Å². The molecule has 0 aliphatic rings. The van der Waals surface area contributed by atoms with Gasteiger partial charge in [0, 0.05) is 36.8 Å². The molecule has 5 nitrogen and oxygen atoms in total. The number of nitrogens with zero attached hydrogens (tertiary/aromatic N) is 1. The number of fused-ring (bicyclic) bond motifs is 1. The Bertz CT molecular complexity index is 900. The summed E-state index contributed by atoms with van der Waals surface area (Å²) in [5.74, 6) is 0.841. The van der Waals surface area contributed by atoms with Crippen molar-refractivity contribution >= 4 is 16.9 Å². The molecule has 0 saturated carbocycles. The van der Waals surface area contributed by atoms with E-state index in [1.165, 1.54) is 27.6 Å². The van der Waals surface area contributed by atoms with Crippen molar-refractivity contribution in [2.75, 3.05) is 19.7 Å². The van der Waals surface area contributed by atoms with Crippen molar-refractivity contribution in [2.24, 2.45) is 4.99 Å². The lowest BCUT2D eigenvalue weighted by Gasteiger charge is -2.12. The molecule has 0 atom stereocenters. The number of ether oxygens (including phenoxy) is 1. The average molecular weight is 379 g/mol. The molecule has 5 heteroatoms. The average Bonchev–Trinajstić information content (AvgIpc) is 3.14. The number of para-hydroxylation sites is 1. The number of aromatic amines is 1. The van der Waals surface area contributed by atoms with Gasteiger partial charge in [0.15, 0.2) is 5.96 Å². The van der Waals surface area contributed by atoms with Crippen LogP contribution in [0, 0.1) is 0 Å². The molecule has 0 saturated heterocycles. The van der Waals surface area contributed by atoms with E-state index < -0.39 is 0 Å². The molecule has 1 aromatic heterocycles. The third kappa shape index (κ3) is 5.36. The number of aliphatic imine (C=N–C) groups is 1. The summed E-state index contributed by atoms with van der Waals surface area (Å²) in [5.41, 5.74) is 4.90. The predicted octanol–water partition coefficient (Wildman–Crippen LogP) is 4.00. The summed E-state index contributed by atoms with van der Waals surface area (Å²) < 4.78 is 5.57. The summed E-state index contributed by atoms with van der Waals surface area (Å²) in [6, 6.07) is 16.7. The normalized spacial score (nSPS) is 11.7. The van der Waals surface area contributed by atoms with E-state index in [0.29, 0.717) is 13.2 Å². The first-order valence-electron chi connectivity index (χ1n) is 10.0. The molecule has 3 aromatic rings. The van der Waals surface area contributed by atoms with Gasteiger partial charge in [-0.25, -0.2) is 4.99 Å². The first-order chi connectivity index (χ1) is 13.8. The van der Waals surface area contributed by atoms with Crippen molar-refractivity contribution < 1.29 is 4.74 Å². The molecule has 1 heterocycles. The first-order valence-corrected chi connectivity index (χ1v) is 10.0. The summed E-state index contributed by atoms with van der Waals surface area (Å²) in [6.07, 6.45) is 3.04. The zero-order valence-corrected chi connectivity index (χ0v) is 16.8. The molecule has 3 N–H and O–H groups in total. The number of rotatable bonds is 9. The standard InChI is InChI=1S/C23H30N4O/c1-3-24-23(27-15-18-9-5-6-10-20(18)17-28-4-2)25-14-13-19-16-26-22-12-8-7-11-21(19)22/h5-12,16,26H,3-4,13-15,17H2,1-2H3,(H2,24,25,27). The van der Waals surface area contributed by atoms with Gasteiger partial charge in [0.1, 0.15) is 0 Å². The van der Waals surface area contributed by atoms with Crippen molar-refractivity contribution in [1.82, 2.24) is 15.6 Å². The van der Waals surface area contributed by atoms with E-state index in [9.17, 15) is 0 Å². The molecule has 28 heavy (non-hydrogen) atoms. The van der Waals surface area contributed by atoms with Gasteiger partial charge < -0.3 is 20.4 Å². The lowest BCUT2D eigenvalue weighted by Crippen LogP contribution is -2.38. The van der Waals surface area contributed by atoms with Crippen LogP contribution in [0.5, 0.6) is 0 Å².